The van der Waals surface area contributed by atoms with Crippen molar-refractivity contribution < 1.29 is 23.7 Å². The Morgan fingerprint density at radius 3 is 2.50 bits per heavy atom. The van der Waals surface area contributed by atoms with Crippen LogP contribution in [0.25, 0.3) is 6.08 Å². The zero-order chi connectivity index (χ0) is 18.3. The fraction of sp³-hybridized carbons (Fsp3) is 0.333. The van der Waals surface area contributed by atoms with E-state index < -0.39 is 0 Å². The fourth-order valence-corrected chi connectivity index (χ4v) is 3.61. The summed E-state index contributed by atoms with van der Waals surface area (Å²) in [5.74, 6) is 3.70. The highest BCUT2D eigenvalue weighted by Crippen LogP contribution is 2.53. The van der Waals surface area contributed by atoms with Gasteiger partial charge in [0.25, 0.3) is 0 Å². The Hall–Kier alpha value is -2.82. The standard InChI is InChI=1S/C21H22O5/c1-5-6-13-7-15-12(2)19(26-20(15)16(8-13)22-3)14-9-17(23-4)21-18(10-14)24-11-25-21/h5-10,12,19H,11H2,1-4H3/b6-5+/t12-,19+/m1/s1. The molecule has 136 valence electrons. The lowest BCUT2D eigenvalue weighted by molar-refractivity contribution is 0.171. The van der Waals surface area contributed by atoms with Crippen LogP contribution in [0.4, 0.5) is 0 Å². The highest BCUT2D eigenvalue weighted by atomic mass is 16.7. The summed E-state index contributed by atoms with van der Waals surface area (Å²) >= 11 is 0. The second kappa shape index (κ2) is 6.48. The van der Waals surface area contributed by atoms with E-state index in [1.54, 1.807) is 14.2 Å². The van der Waals surface area contributed by atoms with Gasteiger partial charge in [-0.25, -0.2) is 0 Å². The van der Waals surface area contributed by atoms with Crippen LogP contribution >= 0.6 is 0 Å². The maximum absolute atomic E-state index is 6.32. The molecule has 2 aliphatic rings. The summed E-state index contributed by atoms with van der Waals surface area (Å²) in [6, 6.07) is 8.08. The van der Waals surface area contributed by atoms with Gasteiger partial charge in [0.2, 0.25) is 12.5 Å². The maximum Gasteiger partial charge on any atom is 0.231 e. The first-order valence-electron chi connectivity index (χ1n) is 8.65. The Kier molecular flexibility index (Phi) is 4.15. The molecule has 0 saturated carbocycles. The predicted molar refractivity (Wildman–Crippen MR) is 98.6 cm³/mol. The number of allylic oxidation sites excluding steroid dienone is 1. The molecule has 0 radical (unpaired) electrons. The summed E-state index contributed by atoms with van der Waals surface area (Å²) in [5.41, 5.74) is 3.23. The summed E-state index contributed by atoms with van der Waals surface area (Å²) in [6.45, 7) is 4.37. The molecular formula is C21H22O5. The van der Waals surface area contributed by atoms with E-state index in [0.29, 0.717) is 17.2 Å². The molecule has 0 unspecified atom stereocenters. The molecule has 26 heavy (non-hydrogen) atoms. The molecular weight excluding hydrogens is 332 g/mol. The molecule has 0 bridgehead atoms. The topological polar surface area (TPSA) is 46.2 Å². The van der Waals surface area contributed by atoms with Crippen molar-refractivity contribution in [3.63, 3.8) is 0 Å². The Morgan fingerprint density at radius 1 is 1.00 bits per heavy atom. The lowest BCUT2D eigenvalue weighted by Crippen LogP contribution is -2.07. The third-order valence-corrected chi connectivity index (χ3v) is 4.88. The number of fused-ring (bicyclic) bond motifs is 2. The molecule has 0 saturated heterocycles. The van der Waals surface area contributed by atoms with E-state index in [1.807, 2.05) is 31.2 Å². The lowest BCUT2D eigenvalue weighted by Gasteiger charge is -2.17. The molecule has 5 heteroatoms. The van der Waals surface area contributed by atoms with Gasteiger partial charge in [-0.05, 0) is 36.8 Å². The van der Waals surface area contributed by atoms with Crippen LogP contribution in [0.15, 0.2) is 30.3 Å². The minimum Gasteiger partial charge on any atom is -0.493 e. The molecule has 5 nitrogen and oxygen atoms in total. The number of methoxy groups -OCH3 is 2. The normalized spacial score (nSPS) is 20.2. The van der Waals surface area contributed by atoms with Crippen LogP contribution in [-0.4, -0.2) is 21.0 Å². The average molecular weight is 354 g/mol. The fourth-order valence-electron chi connectivity index (χ4n) is 3.61. The van der Waals surface area contributed by atoms with Crippen molar-refractivity contribution in [3.8, 4) is 28.7 Å². The van der Waals surface area contributed by atoms with Crippen LogP contribution in [0, 0.1) is 0 Å². The summed E-state index contributed by atoms with van der Waals surface area (Å²) in [6.07, 6.45) is 3.93. The molecule has 2 aromatic carbocycles. The van der Waals surface area contributed by atoms with Gasteiger partial charge >= 0.3 is 0 Å². The van der Waals surface area contributed by atoms with Gasteiger partial charge in [0, 0.05) is 17.0 Å². The van der Waals surface area contributed by atoms with E-state index in [-0.39, 0.29) is 18.8 Å². The van der Waals surface area contributed by atoms with Crippen LogP contribution in [-0.2, 0) is 0 Å². The molecule has 0 fully saturated rings. The van der Waals surface area contributed by atoms with Crippen molar-refractivity contribution in [1.29, 1.82) is 0 Å². The Morgan fingerprint density at radius 2 is 1.77 bits per heavy atom. The first-order chi connectivity index (χ1) is 12.7. The number of benzene rings is 2. The highest BCUT2D eigenvalue weighted by molar-refractivity contribution is 5.63. The predicted octanol–water partition coefficient (Wildman–Crippen LogP) is 4.70. The van der Waals surface area contributed by atoms with E-state index in [9.17, 15) is 0 Å². The van der Waals surface area contributed by atoms with Crippen LogP contribution < -0.4 is 23.7 Å². The molecule has 2 heterocycles. The van der Waals surface area contributed by atoms with Crippen LogP contribution in [0.2, 0.25) is 0 Å². The molecule has 0 aromatic heterocycles. The molecule has 0 N–H and O–H groups in total. The SMILES string of the molecule is C/C=C/c1cc(OC)c2c(c1)[C@@H](C)[C@@H](c1cc(OC)c3c(c1)OCO3)O2. The van der Waals surface area contributed by atoms with Gasteiger partial charge in [-0.3, -0.25) is 0 Å². The van der Waals surface area contributed by atoms with Crippen molar-refractivity contribution in [2.24, 2.45) is 0 Å². The minimum atomic E-state index is -0.150. The summed E-state index contributed by atoms with van der Waals surface area (Å²) in [4.78, 5) is 0. The van der Waals surface area contributed by atoms with E-state index in [4.69, 9.17) is 23.7 Å². The van der Waals surface area contributed by atoms with Crippen molar-refractivity contribution in [2.45, 2.75) is 25.9 Å². The quantitative estimate of drug-likeness (QED) is 0.796. The van der Waals surface area contributed by atoms with Gasteiger partial charge in [-0.2, -0.15) is 0 Å². The first-order valence-corrected chi connectivity index (χ1v) is 8.65. The third-order valence-electron chi connectivity index (χ3n) is 4.88. The number of rotatable bonds is 4. The summed E-state index contributed by atoms with van der Waals surface area (Å²) < 4.78 is 28.4. The number of hydrogen-bond donors (Lipinski definition) is 0. The van der Waals surface area contributed by atoms with E-state index in [2.05, 4.69) is 19.1 Å². The molecule has 4 rings (SSSR count). The second-order valence-electron chi connectivity index (χ2n) is 6.43. The van der Waals surface area contributed by atoms with Crippen molar-refractivity contribution in [2.75, 3.05) is 21.0 Å². The molecule has 2 aliphatic heterocycles. The zero-order valence-electron chi connectivity index (χ0n) is 15.4. The van der Waals surface area contributed by atoms with E-state index in [0.717, 1.165) is 28.2 Å². The maximum atomic E-state index is 6.32. The Balaban J connectivity index is 1.76. The van der Waals surface area contributed by atoms with Gasteiger partial charge in [-0.15, -0.1) is 0 Å². The summed E-state index contributed by atoms with van der Waals surface area (Å²) in [5, 5.41) is 0. The van der Waals surface area contributed by atoms with Gasteiger partial charge in [-0.1, -0.05) is 19.1 Å². The van der Waals surface area contributed by atoms with Crippen LogP contribution in [0.3, 0.4) is 0 Å². The van der Waals surface area contributed by atoms with Gasteiger partial charge in [0.15, 0.2) is 23.0 Å². The summed E-state index contributed by atoms with van der Waals surface area (Å²) in [7, 11) is 3.29. The molecule has 2 atom stereocenters. The molecule has 0 spiro atoms. The first kappa shape index (κ1) is 16.6. The third kappa shape index (κ3) is 2.55. The van der Waals surface area contributed by atoms with Gasteiger partial charge in [0.1, 0.15) is 6.10 Å². The number of hydrogen-bond acceptors (Lipinski definition) is 5. The smallest absolute Gasteiger partial charge is 0.231 e. The van der Waals surface area contributed by atoms with Crippen molar-refractivity contribution >= 4 is 6.08 Å². The van der Waals surface area contributed by atoms with Crippen LogP contribution in [0.1, 0.15) is 42.6 Å². The van der Waals surface area contributed by atoms with Crippen molar-refractivity contribution in [3.05, 3.63) is 47.0 Å². The lowest BCUT2D eigenvalue weighted by atomic mass is 9.91. The van der Waals surface area contributed by atoms with Crippen LogP contribution in [0.5, 0.6) is 28.7 Å². The zero-order valence-corrected chi connectivity index (χ0v) is 15.4. The van der Waals surface area contributed by atoms with E-state index in [1.165, 1.54) is 0 Å². The highest BCUT2D eigenvalue weighted by Gasteiger charge is 2.36. The molecule has 0 aliphatic carbocycles. The number of ether oxygens (including phenoxy) is 5. The average Bonchev–Trinajstić information content (AvgIpc) is 3.25. The largest absolute Gasteiger partial charge is 0.493 e. The Labute approximate surface area is 153 Å². The molecule has 0 amide bonds. The second-order valence-corrected chi connectivity index (χ2v) is 6.43. The Bertz CT molecular complexity index is 871. The monoisotopic (exact) mass is 354 g/mol. The van der Waals surface area contributed by atoms with Crippen molar-refractivity contribution in [1.82, 2.24) is 0 Å². The van der Waals surface area contributed by atoms with E-state index >= 15 is 0 Å². The van der Waals surface area contributed by atoms with Gasteiger partial charge < -0.3 is 23.7 Å². The van der Waals surface area contributed by atoms with Gasteiger partial charge in [0.05, 0.1) is 14.2 Å². The minimum absolute atomic E-state index is 0.150. The molecule has 2 aromatic rings.